The number of alkyl halides is 3. The van der Waals surface area contributed by atoms with Gasteiger partial charge in [-0.05, 0) is 0 Å². The van der Waals surface area contributed by atoms with Gasteiger partial charge in [-0.15, -0.1) is 0 Å². The molecule has 0 spiro atoms. The van der Waals surface area contributed by atoms with E-state index >= 15 is 0 Å². The van der Waals surface area contributed by atoms with Gasteiger partial charge in [0.1, 0.15) is 0 Å². The Morgan fingerprint density at radius 1 is 1.09 bits per heavy atom. The lowest BCUT2D eigenvalue weighted by Gasteiger charge is -2.03. The Labute approximate surface area is 72.3 Å². The zero-order chi connectivity index (χ0) is 8.74. The van der Waals surface area contributed by atoms with Crippen LogP contribution in [0.5, 0.6) is 0 Å². The highest BCUT2D eigenvalue weighted by atomic mass is 32.2. The standard InChI is InChI=1S/C5H10F3NS2/c6-5(7,8)11-4-3-10-2-1-9/h1-4,9H2. The quantitative estimate of drug-likeness (QED) is 0.694. The molecular formula is C5H10F3NS2. The molecule has 0 amide bonds. The van der Waals surface area contributed by atoms with Crippen LogP contribution in [0.4, 0.5) is 13.2 Å². The molecule has 0 heterocycles. The minimum atomic E-state index is -4.08. The Morgan fingerprint density at radius 2 is 1.73 bits per heavy atom. The van der Waals surface area contributed by atoms with Crippen molar-refractivity contribution < 1.29 is 13.2 Å². The summed E-state index contributed by atoms with van der Waals surface area (Å²) in [5.41, 5.74) is 1.07. The molecule has 0 aromatic carbocycles. The highest BCUT2D eigenvalue weighted by molar-refractivity contribution is 8.03. The summed E-state index contributed by atoms with van der Waals surface area (Å²) in [6, 6.07) is 0. The van der Waals surface area contributed by atoms with E-state index in [0.29, 0.717) is 12.3 Å². The van der Waals surface area contributed by atoms with Crippen molar-refractivity contribution in [3.63, 3.8) is 0 Å². The monoisotopic (exact) mass is 205 g/mol. The summed E-state index contributed by atoms with van der Waals surface area (Å²) < 4.78 is 34.5. The number of thioether (sulfide) groups is 2. The Bertz CT molecular complexity index is 96.2. The summed E-state index contributed by atoms with van der Waals surface area (Å²) in [4.78, 5) is 0. The summed E-state index contributed by atoms with van der Waals surface area (Å²) in [6.45, 7) is 0.529. The molecule has 0 atom stereocenters. The van der Waals surface area contributed by atoms with Gasteiger partial charge in [0.15, 0.2) is 0 Å². The number of hydrogen-bond donors (Lipinski definition) is 1. The zero-order valence-corrected chi connectivity index (χ0v) is 7.49. The minimum Gasteiger partial charge on any atom is -0.330 e. The molecule has 0 saturated carbocycles. The molecule has 0 bridgehead atoms. The molecule has 0 aromatic heterocycles. The van der Waals surface area contributed by atoms with E-state index in [2.05, 4.69) is 0 Å². The van der Waals surface area contributed by atoms with Crippen molar-refractivity contribution in [3.05, 3.63) is 0 Å². The first-order valence-electron chi connectivity index (χ1n) is 3.05. The van der Waals surface area contributed by atoms with Crippen LogP contribution in [0, 0.1) is 0 Å². The van der Waals surface area contributed by atoms with Gasteiger partial charge in [-0.25, -0.2) is 0 Å². The lowest BCUT2D eigenvalue weighted by Crippen LogP contribution is -2.05. The predicted molar refractivity (Wildman–Crippen MR) is 44.9 cm³/mol. The van der Waals surface area contributed by atoms with Gasteiger partial charge in [0.25, 0.3) is 0 Å². The first-order chi connectivity index (χ1) is 5.06. The maximum atomic E-state index is 11.5. The van der Waals surface area contributed by atoms with Crippen LogP contribution in [0.3, 0.4) is 0 Å². The first-order valence-corrected chi connectivity index (χ1v) is 5.19. The van der Waals surface area contributed by atoms with Crippen LogP contribution in [0.15, 0.2) is 0 Å². The third-order valence-corrected chi connectivity index (χ3v) is 2.77. The molecule has 0 radical (unpaired) electrons. The van der Waals surface area contributed by atoms with Crippen LogP contribution >= 0.6 is 23.5 Å². The van der Waals surface area contributed by atoms with Gasteiger partial charge in [0.05, 0.1) is 0 Å². The van der Waals surface area contributed by atoms with Crippen LogP contribution in [0.1, 0.15) is 0 Å². The molecule has 0 rings (SSSR count). The van der Waals surface area contributed by atoms with Crippen molar-refractivity contribution in [1.82, 2.24) is 0 Å². The van der Waals surface area contributed by atoms with Crippen LogP contribution in [0.25, 0.3) is 0 Å². The van der Waals surface area contributed by atoms with Gasteiger partial charge < -0.3 is 5.73 Å². The SMILES string of the molecule is NCCSCCSC(F)(F)F. The average molecular weight is 205 g/mol. The molecule has 6 heteroatoms. The second-order valence-electron chi connectivity index (χ2n) is 1.70. The Hall–Kier alpha value is 0.450. The van der Waals surface area contributed by atoms with Crippen molar-refractivity contribution in [1.29, 1.82) is 0 Å². The molecule has 0 unspecified atom stereocenters. The highest BCUT2D eigenvalue weighted by Crippen LogP contribution is 2.30. The summed E-state index contributed by atoms with van der Waals surface area (Å²) in [7, 11) is 0. The van der Waals surface area contributed by atoms with E-state index < -0.39 is 5.51 Å². The Balaban J connectivity index is 3.02. The van der Waals surface area contributed by atoms with E-state index in [9.17, 15) is 13.2 Å². The normalized spacial score (nSPS) is 12.0. The summed E-state index contributed by atoms with van der Waals surface area (Å²) in [5.74, 6) is 1.37. The van der Waals surface area contributed by atoms with E-state index in [-0.39, 0.29) is 17.5 Å². The molecule has 11 heavy (non-hydrogen) atoms. The summed E-state index contributed by atoms with van der Waals surface area (Å²) in [6.07, 6.45) is 0. The minimum absolute atomic E-state index is 0.0224. The van der Waals surface area contributed by atoms with Crippen LogP contribution in [-0.2, 0) is 0 Å². The summed E-state index contributed by atoms with van der Waals surface area (Å²) >= 11 is 1.47. The first kappa shape index (κ1) is 11.4. The fraction of sp³-hybridized carbons (Fsp3) is 1.00. The molecular weight excluding hydrogens is 195 g/mol. The van der Waals surface area contributed by atoms with Crippen molar-refractivity contribution in [2.75, 3.05) is 23.8 Å². The fourth-order valence-corrected chi connectivity index (χ4v) is 1.81. The summed E-state index contributed by atoms with van der Waals surface area (Å²) in [5, 5.41) is 0. The van der Waals surface area contributed by atoms with Crippen molar-refractivity contribution in [3.8, 4) is 0 Å². The van der Waals surface area contributed by atoms with Crippen molar-refractivity contribution in [2.45, 2.75) is 5.51 Å². The molecule has 0 aliphatic heterocycles. The van der Waals surface area contributed by atoms with Crippen molar-refractivity contribution in [2.24, 2.45) is 5.73 Å². The fourth-order valence-electron chi connectivity index (χ4n) is 0.402. The van der Waals surface area contributed by atoms with E-state index in [0.717, 1.165) is 5.75 Å². The van der Waals surface area contributed by atoms with Crippen LogP contribution in [-0.4, -0.2) is 29.3 Å². The van der Waals surface area contributed by atoms with Gasteiger partial charge in [-0.3, -0.25) is 0 Å². The van der Waals surface area contributed by atoms with Crippen molar-refractivity contribution >= 4 is 23.5 Å². The Kier molecular flexibility index (Phi) is 6.27. The van der Waals surface area contributed by atoms with E-state index in [4.69, 9.17) is 5.73 Å². The molecule has 0 saturated heterocycles. The smallest absolute Gasteiger partial charge is 0.330 e. The molecule has 2 N–H and O–H groups in total. The molecule has 0 aliphatic carbocycles. The van der Waals surface area contributed by atoms with Crippen LogP contribution in [0.2, 0.25) is 0 Å². The third-order valence-electron chi connectivity index (χ3n) is 0.756. The lowest BCUT2D eigenvalue weighted by molar-refractivity contribution is -0.0326. The van der Waals surface area contributed by atoms with Gasteiger partial charge in [0.2, 0.25) is 0 Å². The van der Waals surface area contributed by atoms with E-state index in [1.165, 1.54) is 11.8 Å². The maximum Gasteiger partial charge on any atom is 0.441 e. The molecule has 0 aromatic rings. The number of halogens is 3. The molecule has 0 fully saturated rings. The van der Waals surface area contributed by atoms with Gasteiger partial charge in [0, 0.05) is 23.8 Å². The van der Waals surface area contributed by atoms with E-state index in [1.807, 2.05) is 0 Å². The van der Waals surface area contributed by atoms with Gasteiger partial charge in [-0.2, -0.15) is 24.9 Å². The van der Waals surface area contributed by atoms with Gasteiger partial charge >= 0.3 is 5.51 Å². The lowest BCUT2D eigenvalue weighted by atomic mass is 10.8. The Morgan fingerprint density at radius 3 is 2.18 bits per heavy atom. The topological polar surface area (TPSA) is 26.0 Å². The number of hydrogen-bond acceptors (Lipinski definition) is 3. The molecule has 0 aliphatic rings. The maximum absolute atomic E-state index is 11.5. The average Bonchev–Trinajstić information content (AvgIpc) is 1.85. The number of nitrogens with two attached hydrogens (primary N) is 1. The zero-order valence-electron chi connectivity index (χ0n) is 5.86. The number of rotatable bonds is 5. The second-order valence-corrected chi connectivity index (χ2v) is 4.08. The highest BCUT2D eigenvalue weighted by Gasteiger charge is 2.27. The molecule has 1 nitrogen and oxygen atoms in total. The third kappa shape index (κ3) is 10.4. The second kappa shape index (κ2) is 6.02. The largest absolute Gasteiger partial charge is 0.441 e. The van der Waals surface area contributed by atoms with Gasteiger partial charge in [-0.1, -0.05) is 11.8 Å². The predicted octanol–water partition coefficient (Wildman–Crippen LogP) is 1.93. The molecule has 68 valence electrons. The van der Waals surface area contributed by atoms with Crippen LogP contribution < -0.4 is 5.73 Å². The van der Waals surface area contributed by atoms with E-state index in [1.54, 1.807) is 0 Å².